The fourth-order valence-electron chi connectivity index (χ4n) is 4.44. The van der Waals surface area contributed by atoms with Crippen LogP contribution in [0.4, 0.5) is 13.2 Å². The summed E-state index contributed by atoms with van der Waals surface area (Å²) in [4.78, 5) is 23.2. The van der Waals surface area contributed by atoms with Gasteiger partial charge in [-0.25, -0.2) is 9.97 Å². The highest BCUT2D eigenvalue weighted by molar-refractivity contribution is 5.97. The molecule has 1 fully saturated rings. The molecule has 0 bridgehead atoms. The predicted molar refractivity (Wildman–Crippen MR) is 131 cm³/mol. The number of hydrogen-bond acceptors (Lipinski definition) is 5. The summed E-state index contributed by atoms with van der Waals surface area (Å²) in [5, 5.41) is 9.68. The summed E-state index contributed by atoms with van der Waals surface area (Å²) >= 11 is 0. The average molecular weight is 505 g/mol. The lowest BCUT2D eigenvalue weighted by Crippen LogP contribution is -2.23. The molecular weight excluding hydrogens is 481 g/mol. The van der Waals surface area contributed by atoms with Crippen LogP contribution in [0.25, 0.3) is 5.65 Å². The Morgan fingerprint density at radius 1 is 1.11 bits per heavy atom. The highest BCUT2D eigenvalue weighted by Gasteiger charge is 2.34. The number of carbonyl (C=O) groups excluding carboxylic acids is 1. The lowest BCUT2D eigenvalue weighted by atomic mass is 9.98. The third-order valence-corrected chi connectivity index (χ3v) is 6.30. The number of imidazole rings is 1. The van der Waals surface area contributed by atoms with Gasteiger partial charge in [0.2, 0.25) is 0 Å². The molecule has 1 aromatic carbocycles. The largest absolute Gasteiger partial charge is 0.416 e. The number of β-amino-alcohol motifs (C(OH)–C–C–N with tert-alkyl or cyclic N) is 1. The summed E-state index contributed by atoms with van der Waals surface area (Å²) in [5.74, 6) is 5.59. The van der Waals surface area contributed by atoms with Gasteiger partial charge in [0.15, 0.2) is 5.78 Å². The molecule has 0 aliphatic carbocycles. The Bertz CT molecular complexity index is 1520. The summed E-state index contributed by atoms with van der Waals surface area (Å²) in [6.07, 6.45) is 0.242. The summed E-state index contributed by atoms with van der Waals surface area (Å²) in [5.41, 5.74) is 1.76. The lowest BCUT2D eigenvalue weighted by Gasteiger charge is -2.20. The number of carbonyl (C=O) groups is 1. The van der Waals surface area contributed by atoms with Crippen LogP contribution in [0, 0.1) is 11.8 Å². The molecule has 5 rings (SSSR count). The second-order valence-corrected chi connectivity index (χ2v) is 9.02. The Labute approximate surface area is 211 Å². The van der Waals surface area contributed by atoms with Crippen molar-refractivity contribution in [3.05, 3.63) is 101 Å². The van der Waals surface area contributed by atoms with Crippen LogP contribution in [0.15, 0.2) is 67.1 Å². The van der Waals surface area contributed by atoms with E-state index in [1.807, 2.05) is 28.8 Å². The van der Waals surface area contributed by atoms with Gasteiger partial charge in [-0.3, -0.25) is 14.1 Å². The van der Waals surface area contributed by atoms with E-state index in [9.17, 15) is 23.1 Å². The topological polar surface area (TPSA) is 70.7 Å². The molecule has 0 saturated carbocycles. The van der Waals surface area contributed by atoms with Crippen LogP contribution in [0.3, 0.4) is 0 Å². The second kappa shape index (κ2) is 10.2. The molecule has 9 heteroatoms. The Hall–Kier alpha value is -4.00. The molecule has 0 unspecified atom stereocenters. The number of aliphatic hydroxyl groups is 1. The summed E-state index contributed by atoms with van der Waals surface area (Å²) in [6.45, 7) is 0.990. The van der Waals surface area contributed by atoms with E-state index in [1.165, 1.54) is 24.4 Å². The van der Waals surface area contributed by atoms with Crippen molar-refractivity contribution >= 4 is 11.4 Å². The Balaban J connectivity index is 1.33. The van der Waals surface area contributed by atoms with Crippen LogP contribution in [-0.4, -0.2) is 49.4 Å². The van der Waals surface area contributed by atoms with Crippen LogP contribution in [0.2, 0.25) is 0 Å². The maximum atomic E-state index is 13.8. The lowest BCUT2D eigenvalue weighted by molar-refractivity contribution is -0.138. The number of aromatic nitrogens is 3. The van der Waals surface area contributed by atoms with Crippen molar-refractivity contribution in [3.8, 4) is 11.8 Å². The van der Waals surface area contributed by atoms with Crippen molar-refractivity contribution in [2.75, 3.05) is 13.1 Å². The monoisotopic (exact) mass is 504 g/mol. The van der Waals surface area contributed by atoms with E-state index in [0.717, 1.165) is 11.7 Å². The molecule has 1 saturated heterocycles. The van der Waals surface area contributed by atoms with Crippen molar-refractivity contribution < 1.29 is 23.1 Å². The van der Waals surface area contributed by atoms with Gasteiger partial charge in [0.1, 0.15) is 17.0 Å². The van der Waals surface area contributed by atoms with Gasteiger partial charge in [0.05, 0.1) is 17.9 Å². The number of fused-ring (bicyclic) bond motifs is 1. The van der Waals surface area contributed by atoms with Gasteiger partial charge in [-0.15, -0.1) is 0 Å². The first-order valence-corrected chi connectivity index (χ1v) is 11.8. The van der Waals surface area contributed by atoms with Gasteiger partial charge in [-0.2, -0.15) is 13.2 Å². The Morgan fingerprint density at radius 2 is 1.97 bits per heavy atom. The van der Waals surface area contributed by atoms with Crippen molar-refractivity contribution in [3.63, 3.8) is 0 Å². The van der Waals surface area contributed by atoms with Crippen molar-refractivity contribution in [1.82, 2.24) is 19.3 Å². The average Bonchev–Trinajstić information content (AvgIpc) is 3.48. The van der Waals surface area contributed by atoms with Crippen molar-refractivity contribution in [2.45, 2.75) is 31.7 Å². The van der Waals surface area contributed by atoms with Crippen LogP contribution >= 0.6 is 0 Å². The molecule has 1 aliphatic heterocycles. The van der Waals surface area contributed by atoms with Gasteiger partial charge in [-0.1, -0.05) is 18.2 Å². The zero-order valence-corrected chi connectivity index (χ0v) is 19.7. The first-order valence-electron chi connectivity index (χ1n) is 11.8. The molecule has 1 atom stereocenters. The van der Waals surface area contributed by atoms with Gasteiger partial charge in [0, 0.05) is 44.0 Å². The number of aliphatic hydroxyl groups excluding tert-OH is 1. The Morgan fingerprint density at radius 3 is 2.76 bits per heavy atom. The number of pyridine rings is 2. The molecule has 6 nitrogen and oxygen atoms in total. The Kier molecular flexibility index (Phi) is 6.78. The number of alkyl halides is 3. The van der Waals surface area contributed by atoms with Crippen LogP contribution in [0.5, 0.6) is 0 Å². The minimum Gasteiger partial charge on any atom is -0.392 e. The highest BCUT2D eigenvalue weighted by atomic mass is 19.4. The molecule has 3 aromatic heterocycles. The van der Waals surface area contributed by atoms with E-state index < -0.39 is 17.8 Å². The standard InChI is InChI=1S/C28H23F3N4O2/c29-28(30,31)25-13-19(4-5-21(25)17-34-12-9-24(36)18-34)14-26(37)20-8-10-32-22(15-20)6-7-23-16-33-27-3-1-2-11-35(23)27/h1-5,8,10-11,13,15-16,24,36H,9,12,14,17-18H2/t24-/m1/s1. The third-order valence-electron chi connectivity index (χ3n) is 6.30. The minimum absolute atomic E-state index is 0.0962. The summed E-state index contributed by atoms with van der Waals surface area (Å²) in [6, 6.07) is 12.7. The quantitative estimate of drug-likeness (QED) is 0.327. The fraction of sp³-hybridized carbons (Fsp3) is 0.250. The summed E-state index contributed by atoms with van der Waals surface area (Å²) < 4.78 is 43.3. The molecule has 37 heavy (non-hydrogen) atoms. The van der Waals surface area contributed by atoms with Crippen molar-refractivity contribution in [1.29, 1.82) is 0 Å². The van der Waals surface area contributed by atoms with Crippen LogP contribution in [-0.2, 0) is 19.1 Å². The van der Waals surface area contributed by atoms with E-state index in [4.69, 9.17) is 0 Å². The smallest absolute Gasteiger partial charge is 0.392 e. The summed E-state index contributed by atoms with van der Waals surface area (Å²) in [7, 11) is 0. The molecule has 0 radical (unpaired) electrons. The second-order valence-electron chi connectivity index (χ2n) is 9.02. The van der Waals surface area contributed by atoms with E-state index in [0.29, 0.717) is 36.5 Å². The predicted octanol–water partition coefficient (Wildman–Crippen LogP) is 4.14. The van der Waals surface area contributed by atoms with Gasteiger partial charge < -0.3 is 5.11 Å². The van der Waals surface area contributed by atoms with Gasteiger partial charge in [-0.05, 0) is 59.7 Å². The maximum absolute atomic E-state index is 13.8. The molecular formula is C28H23F3N4O2. The molecule has 1 aliphatic rings. The van der Waals surface area contributed by atoms with Gasteiger partial charge >= 0.3 is 6.18 Å². The first-order chi connectivity index (χ1) is 17.8. The SMILES string of the molecule is O=C(Cc1ccc(CN2CC[C@@H](O)C2)c(C(F)(F)F)c1)c1ccnc(C#Cc2cnc3ccccn23)c1. The number of ketones is 1. The number of halogens is 3. The fourth-order valence-corrected chi connectivity index (χ4v) is 4.44. The third kappa shape index (κ3) is 5.71. The number of likely N-dealkylation sites (tertiary alicyclic amines) is 1. The number of nitrogens with zero attached hydrogens (tertiary/aromatic N) is 4. The van der Waals surface area contributed by atoms with E-state index in [-0.39, 0.29) is 29.9 Å². The molecule has 1 N–H and O–H groups in total. The molecule has 0 amide bonds. The van der Waals surface area contributed by atoms with Crippen molar-refractivity contribution in [2.24, 2.45) is 0 Å². The van der Waals surface area contributed by atoms with E-state index >= 15 is 0 Å². The van der Waals surface area contributed by atoms with E-state index in [2.05, 4.69) is 21.8 Å². The van der Waals surface area contributed by atoms with Gasteiger partial charge in [0.25, 0.3) is 0 Å². The van der Waals surface area contributed by atoms with Crippen LogP contribution < -0.4 is 0 Å². The zero-order chi connectivity index (χ0) is 26.0. The number of benzene rings is 1. The molecule has 188 valence electrons. The number of Topliss-reactive ketones (excluding diaryl/α,β-unsaturated/α-hetero) is 1. The molecule has 4 aromatic rings. The highest BCUT2D eigenvalue weighted by Crippen LogP contribution is 2.34. The zero-order valence-electron chi connectivity index (χ0n) is 19.7. The normalized spacial score (nSPS) is 16.1. The maximum Gasteiger partial charge on any atom is 0.416 e. The molecule has 0 spiro atoms. The number of rotatable bonds is 5. The first kappa shape index (κ1) is 24.7. The van der Waals surface area contributed by atoms with E-state index in [1.54, 1.807) is 17.2 Å². The minimum atomic E-state index is -4.55. The van der Waals surface area contributed by atoms with Crippen LogP contribution in [0.1, 0.15) is 44.9 Å². The molecule has 4 heterocycles. The number of hydrogen-bond donors (Lipinski definition) is 1.